The molecule has 1 aliphatic rings. The molecular formula is C17H20N2O2. The van der Waals surface area contributed by atoms with Crippen molar-refractivity contribution in [2.75, 3.05) is 0 Å². The number of aromatic nitrogens is 2. The van der Waals surface area contributed by atoms with Gasteiger partial charge in [-0.15, -0.1) is 0 Å². The molecule has 0 radical (unpaired) electrons. The summed E-state index contributed by atoms with van der Waals surface area (Å²) in [7, 11) is 0. The minimum atomic E-state index is -0.155. The van der Waals surface area contributed by atoms with Gasteiger partial charge in [-0.1, -0.05) is 54.8 Å². The highest BCUT2D eigenvalue weighted by molar-refractivity contribution is 5.77. The summed E-state index contributed by atoms with van der Waals surface area (Å²) in [5.74, 6) is 1.21. The second-order valence-electron chi connectivity index (χ2n) is 5.90. The number of carbonyl (C=O) groups is 1. The van der Waals surface area contributed by atoms with Gasteiger partial charge >= 0.3 is 0 Å². The van der Waals surface area contributed by atoms with E-state index in [1.807, 2.05) is 6.07 Å². The van der Waals surface area contributed by atoms with Crippen LogP contribution in [0.5, 0.6) is 0 Å². The topological polar surface area (TPSA) is 56.0 Å². The van der Waals surface area contributed by atoms with E-state index >= 15 is 0 Å². The maximum atomic E-state index is 11.2. The summed E-state index contributed by atoms with van der Waals surface area (Å²) in [5.41, 5.74) is 1.10. The van der Waals surface area contributed by atoms with E-state index in [2.05, 4.69) is 34.4 Å². The molecule has 1 heterocycles. The number of hydrogen-bond acceptors (Lipinski definition) is 4. The lowest BCUT2D eigenvalue weighted by atomic mass is 9.69. The summed E-state index contributed by atoms with van der Waals surface area (Å²) in [5, 5.41) is 4.20. The molecule has 1 aromatic heterocycles. The van der Waals surface area contributed by atoms with Crippen LogP contribution in [0.15, 0.2) is 34.9 Å². The zero-order chi connectivity index (χ0) is 14.7. The van der Waals surface area contributed by atoms with Crippen LogP contribution >= 0.6 is 0 Å². The number of carbonyl (C=O) groups excluding carboxylic acids is 1. The second-order valence-corrected chi connectivity index (χ2v) is 5.90. The van der Waals surface area contributed by atoms with E-state index in [0.717, 1.165) is 18.7 Å². The number of ketones is 1. The molecule has 2 aromatic rings. The number of nitrogens with zero attached hydrogens (tertiary/aromatic N) is 2. The van der Waals surface area contributed by atoms with Crippen LogP contribution < -0.4 is 0 Å². The molecular weight excluding hydrogens is 264 g/mol. The quantitative estimate of drug-likeness (QED) is 0.863. The molecule has 0 unspecified atom stereocenters. The summed E-state index contributed by atoms with van der Waals surface area (Å²) in [6, 6.07) is 10.4. The van der Waals surface area contributed by atoms with Gasteiger partial charge in [-0.2, -0.15) is 4.98 Å². The van der Waals surface area contributed by atoms with Crippen molar-refractivity contribution in [3.8, 4) is 0 Å². The molecule has 0 amide bonds. The van der Waals surface area contributed by atoms with Gasteiger partial charge in [0.05, 0.1) is 11.8 Å². The molecule has 1 aliphatic carbocycles. The Bertz CT molecular complexity index is 613. The predicted octanol–water partition coefficient (Wildman–Crippen LogP) is 3.45. The SMILES string of the molecule is CC(=O)Cc1nc(C2(c3ccccc3)CCCCC2)no1. The number of rotatable bonds is 4. The van der Waals surface area contributed by atoms with Crippen LogP contribution in [0.1, 0.15) is 56.3 Å². The van der Waals surface area contributed by atoms with E-state index in [9.17, 15) is 4.79 Å². The number of Topliss-reactive ketones (excluding diaryl/α,β-unsaturated/α-hetero) is 1. The molecule has 1 fully saturated rings. The Morgan fingerprint density at radius 2 is 1.90 bits per heavy atom. The normalized spacial score (nSPS) is 17.6. The fourth-order valence-corrected chi connectivity index (χ4v) is 3.29. The van der Waals surface area contributed by atoms with Gasteiger partial charge in [-0.3, -0.25) is 4.79 Å². The Labute approximate surface area is 124 Å². The largest absolute Gasteiger partial charge is 0.339 e. The maximum Gasteiger partial charge on any atom is 0.234 e. The molecule has 4 nitrogen and oxygen atoms in total. The Morgan fingerprint density at radius 3 is 2.57 bits per heavy atom. The first-order valence-electron chi connectivity index (χ1n) is 7.59. The van der Waals surface area contributed by atoms with E-state index in [4.69, 9.17) is 4.52 Å². The van der Waals surface area contributed by atoms with Crippen LogP contribution in [0.2, 0.25) is 0 Å². The van der Waals surface area contributed by atoms with Crippen molar-refractivity contribution >= 4 is 5.78 Å². The highest BCUT2D eigenvalue weighted by Crippen LogP contribution is 2.43. The number of benzene rings is 1. The highest BCUT2D eigenvalue weighted by Gasteiger charge is 2.39. The molecule has 0 saturated heterocycles. The molecule has 0 bridgehead atoms. The van der Waals surface area contributed by atoms with Crippen LogP contribution in [0.4, 0.5) is 0 Å². The summed E-state index contributed by atoms with van der Waals surface area (Å²) in [6.45, 7) is 1.54. The van der Waals surface area contributed by atoms with E-state index in [0.29, 0.717) is 5.89 Å². The molecule has 3 rings (SSSR count). The van der Waals surface area contributed by atoms with E-state index < -0.39 is 0 Å². The fourth-order valence-electron chi connectivity index (χ4n) is 3.29. The monoisotopic (exact) mass is 284 g/mol. The third-order valence-corrected chi connectivity index (χ3v) is 4.33. The predicted molar refractivity (Wildman–Crippen MR) is 79.0 cm³/mol. The summed E-state index contributed by atoms with van der Waals surface area (Å²) in [6.07, 6.45) is 5.90. The smallest absolute Gasteiger partial charge is 0.234 e. The van der Waals surface area contributed by atoms with Crippen molar-refractivity contribution in [2.45, 2.75) is 50.9 Å². The van der Waals surface area contributed by atoms with Crippen LogP contribution in [-0.4, -0.2) is 15.9 Å². The molecule has 4 heteroatoms. The van der Waals surface area contributed by atoms with Crippen molar-refractivity contribution in [3.05, 3.63) is 47.6 Å². The van der Waals surface area contributed by atoms with E-state index in [1.165, 1.54) is 31.7 Å². The second kappa shape index (κ2) is 5.80. The van der Waals surface area contributed by atoms with Crippen molar-refractivity contribution in [3.63, 3.8) is 0 Å². The van der Waals surface area contributed by atoms with Gasteiger partial charge in [0.15, 0.2) is 5.82 Å². The van der Waals surface area contributed by atoms with Gasteiger partial charge < -0.3 is 4.52 Å². The molecule has 0 N–H and O–H groups in total. The van der Waals surface area contributed by atoms with Gasteiger partial charge in [-0.05, 0) is 25.3 Å². The zero-order valence-electron chi connectivity index (χ0n) is 12.3. The fraction of sp³-hybridized carbons (Fsp3) is 0.471. The molecule has 21 heavy (non-hydrogen) atoms. The van der Waals surface area contributed by atoms with Crippen LogP contribution in [-0.2, 0) is 16.6 Å². The average Bonchev–Trinajstić information content (AvgIpc) is 2.97. The lowest BCUT2D eigenvalue weighted by Gasteiger charge is -2.34. The standard InChI is InChI=1S/C17H20N2O2/c1-13(20)12-15-18-16(19-21-15)17(10-6-3-7-11-17)14-8-4-2-5-9-14/h2,4-5,8-9H,3,6-7,10-12H2,1H3. The average molecular weight is 284 g/mol. The Balaban J connectivity index is 1.99. The minimum absolute atomic E-state index is 0.0441. The van der Waals surface area contributed by atoms with Crippen LogP contribution in [0, 0.1) is 0 Å². The van der Waals surface area contributed by atoms with Gasteiger partial charge in [0.25, 0.3) is 0 Å². The van der Waals surface area contributed by atoms with Gasteiger partial charge in [0.1, 0.15) is 5.78 Å². The van der Waals surface area contributed by atoms with Crippen molar-refractivity contribution < 1.29 is 9.32 Å². The van der Waals surface area contributed by atoms with Gasteiger partial charge in [-0.25, -0.2) is 0 Å². The summed E-state index contributed by atoms with van der Waals surface area (Å²) < 4.78 is 5.29. The van der Waals surface area contributed by atoms with Gasteiger partial charge in [0.2, 0.25) is 5.89 Å². The lowest BCUT2D eigenvalue weighted by molar-refractivity contribution is -0.116. The first-order valence-corrected chi connectivity index (χ1v) is 7.59. The lowest BCUT2D eigenvalue weighted by Crippen LogP contribution is -2.31. The molecule has 0 aliphatic heterocycles. The highest BCUT2D eigenvalue weighted by atomic mass is 16.5. The van der Waals surface area contributed by atoms with E-state index in [1.54, 1.807) is 0 Å². The third-order valence-electron chi connectivity index (χ3n) is 4.33. The van der Waals surface area contributed by atoms with Crippen molar-refractivity contribution in [1.29, 1.82) is 0 Å². The Kier molecular flexibility index (Phi) is 3.86. The third kappa shape index (κ3) is 2.75. The van der Waals surface area contributed by atoms with Crippen LogP contribution in [0.3, 0.4) is 0 Å². The van der Waals surface area contributed by atoms with Crippen molar-refractivity contribution in [1.82, 2.24) is 10.1 Å². The molecule has 1 saturated carbocycles. The zero-order valence-corrected chi connectivity index (χ0v) is 12.3. The first kappa shape index (κ1) is 14.0. The summed E-state index contributed by atoms with van der Waals surface area (Å²) >= 11 is 0. The maximum absolute atomic E-state index is 11.2. The van der Waals surface area contributed by atoms with Crippen LogP contribution in [0.25, 0.3) is 0 Å². The molecule has 110 valence electrons. The van der Waals surface area contributed by atoms with E-state index in [-0.39, 0.29) is 17.6 Å². The molecule has 0 spiro atoms. The Morgan fingerprint density at radius 1 is 1.19 bits per heavy atom. The van der Waals surface area contributed by atoms with Crippen molar-refractivity contribution in [2.24, 2.45) is 0 Å². The number of hydrogen-bond donors (Lipinski definition) is 0. The Hall–Kier alpha value is -1.97. The summed E-state index contributed by atoms with van der Waals surface area (Å²) in [4.78, 5) is 15.7. The molecule has 0 atom stereocenters. The molecule has 1 aromatic carbocycles. The first-order chi connectivity index (χ1) is 10.2. The minimum Gasteiger partial charge on any atom is -0.339 e. The van der Waals surface area contributed by atoms with Gasteiger partial charge in [0, 0.05) is 0 Å².